The van der Waals surface area contributed by atoms with Gasteiger partial charge in [-0.2, -0.15) is 0 Å². The molecule has 0 aliphatic carbocycles. The molecule has 0 radical (unpaired) electrons. The van der Waals surface area contributed by atoms with Gasteiger partial charge >= 0.3 is 5.69 Å². The minimum Gasteiger partial charge on any atom is -0.424 e. The molecule has 0 atom stereocenters. The molecule has 0 unspecified atom stereocenters. The lowest BCUT2D eigenvalue weighted by Crippen LogP contribution is -2.36. The number of aromatic amines is 1. The van der Waals surface area contributed by atoms with Crippen LogP contribution in [-0.2, 0) is 0 Å². The minimum absolute atomic E-state index is 0.0674. The first kappa shape index (κ1) is 11.6. The summed E-state index contributed by atoms with van der Waals surface area (Å²) in [4.78, 5) is 30.4. The summed E-state index contributed by atoms with van der Waals surface area (Å²) in [6.45, 7) is 7.35. The number of oxazole rings is 1. The van der Waals surface area contributed by atoms with E-state index >= 15 is 0 Å². The van der Waals surface area contributed by atoms with Crippen molar-refractivity contribution in [2.24, 2.45) is 0 Å². The first-order valence-electron chi connectivity index (χ1n) is 5.57. The zero-order valence-electron chi connectivity index (χ0n) is 10.3. The molecule has 0 fully saturated rings. The summed E-state index contributed by atoms with van der Waals surface area (Å²) in [5, 5.41) is 0. The first-order chi connectivity index (χ1) is 7.91. The summed E-state index contributed by atoms with van der Waals surface area (Å²) in [6, 6.07) is -0.213. The fraction of sp³-hybridized carbons (Fsp3) is 0.545. The number of aromatic nitrogens is 3. The highest BCUT2D eigenvalue weighted by Gasteiger charge is 2.17. The molecule has 6 nitrogen and oxygen atoms in total. The summed E-state index contributed by atoms with van der Waals surface area (Å²) in [6.07, 6.45) is 0. The molecule has 0 spiro atoms. The van der Waals surface area contributed by atoms with Crippen LogP contribution in [0.3, 0.4) is 0 Å². The summed E-state index contributed by atoms with van der Waals surface area (Å²) in [5.41, 5.74) is -0.541. The number of fused-ring (bicyclic) bond motifs is 1. The Bertz CT molecular complexity index is 661. The lowest BCUT2D eigenvalue weighted by atomic mass is 10.2. The molecule has 0 saturated heterocycles. The molecular weight excluding hydrogens is 222 g/mol. The third-order valence-corrected chi connectivity index (χ3v) is 2.51. The summed E-state index contributed by atoms with van der Waals surface area (Å²) in [5.74, 6) is 0.520. The predicted octanol–water partition coefficient (Wildman–Crippen LogP) is 1.38. The van der Waals surface area contributed by atoms with Crippen molar-refractivity contribution in [2.45, 2.75) is 39.7 Å². The highest BCUT2D eigenvalue weighted by molar-refractivity contribution is 5.66. The molecular formula is C11H15N3O3. The minimum atomic E-state index is -0.469. The predicted molar refractivity (Wildman–Crippen MR) is 63.4 cm³/mol. The average Bonchev–Trinajstić information content (AvgIpc) is 2.60. The zero-order chi connectivity index (χ0) is 12.7. The van der Waals surface area contributed by atoms with Gasteiger partial charge in [-0.1, -0.05) is 13.8 Å². The van der Waals surface area contributed by atoms with Gasteiger partial charge in [0, 0.05) is 12.0 Å². The summed E-state index contributed by atoms with van der Waals surface area (Å²) in [7, 11) is 0. The van der Waals surface area contributed by atoms with E-state index in [9.17, 15) is 9.59 Å². The number of nitrogens with zero attached hydrogens (tertiary/aromatic N) is 2. The highest BCUT2D eigenvalue weighted by Crippen LogP contribution is 2.16. The van der Waals surface area contributed by atoms with E-state index in [2.05, 4.69) is 9.97 Å². The van der Waals surface area contributed by atoms with E-state index in [4.69, 9.17) is 4.42 Å². The Morgan fingerprint density at radius 3 is 2.41 bits per heavy atom. The van der Waals surface area contributed by atoms with Crippen molar-refractivity contribution in [2.75, 3.05) is 0 Å². The topological polar surface area (TPSA) is 80.9 Å². The van der Waals surface area contributed by atoms with Gasteiger partial charge in [-0.05, 0) is 13.8 Å². The molecule has 0 aromatic carbocycles. The molecule has 17 heavy (non-hydrogen) atoms. The van der Waals surface area contributed by atoms with Crippen molar-refractivity contribution in [1.82, 2.24) is 14.5 Å². The molecule has 92 valence electrons. The van der Waals surface area contributed by atoms with Crippen LogP contribution in [-0.4, -0.2) is 14.5 Å². The van der Waals surface area contributed by atoms with Crippen molar-refractivity contribution >= 4 is 11.2 Å². The van der Waals surface area contributed by atoms with Crippen LogP contribution in [0.2, 0.25) is 0 Å². The Morgan fingerprint density at radius 1 is 1.24 bits per heavy atom. The van der Waals surface area contributed by atoms with Crippen LogP contribution < -0.4 is 11.2 Å². The fourth-order valence-electron chi connectivity index (χ4n) is 1.65. The Balaban J connectivity index is 2.84. The lowest BCUT2D eigenvalue weighted by molar-refractivity contribution is 0.489. The largest absolute Gasteiger partial charge is 0.424 e. The monoisotopic (exact) mass is 237 g/mol. The average molecular weight is 237 g/mol. The Hall–Kier alpha value is -1.85. The molecule has 0 aliphatic heterocycles. The number of hydrogen-bond donors (Lipinski definition) is 1. The van der Waals surface area contributed by atoms with E-state index in [0.717, 1.165) is 4.57 Å². The van der Waals surface area contributed by atoms with Crippen LogP contribution in [0.4, 0.5) is 0 Å². The fourth-order valence-corrected chi connectivity index (χ4v) is 1.65. The van der Waals surface area contributed by atoms with E-state index in [0.29, 0.717) is 5.89 Å². The van der Waals surface area contributed by atoms with Crippen LogP contribution in [0, 0.1) is 0 Å². The third kappa shape index (κ3) is 1.79. The van der Waals surface area contributed by atoms with Gasteiger partial charge in [0.15, 0.2) is 11.4 Å². The van der Waals surface area contributed by atoms with E-state index in [1.807, 2.05) is 13.8 Å². The number of nitrogens with one attached hydrogen (secondary N) is 1. The van der Waals surface area contributed by atoms with Crippen molar-refractivity contribution in [1.29, 1.82) is 0 Å². The van der Waals surface area contributed by atoms with Gasteiger partial charge in [-0.15, -0.1) is 0 Å². The van der Waals surface area contributed by atoms with Gasteiger partial charge in [0.05, 0.1) is 0 Å². The second kappa shape index (κ2) is 3.87. The number of H-pyrrole nitrogens is 1. The Morgan fingerprint density at radius 2 is 1.88 bits per heavy atom. The van der Waals surface area contributed by atoms with Gasteiger partial charge in [-0.3, -0.25) is 14.3 Å². The molecule has 0 amide bonds. The van der Waals surface area contributed by atoms with Gasteiger partial charge in [0.25, 0.3) is 5.56 Å². The molecule has 2 rings (SSSR count). The van der Waals surface area contributed by atoms with Gasteiger partial charge < -0.3 is 4.42 Å². The van der Waals surface area contributed by atoms with Gasteiger partial charge in [0.2, 0.25) is 5.71 Å². The van der Waals surface area contributed by atoms with Crippen molar-refractivity contribution in [3.05, 3.63) is 26.7 Å². The molecule has 2 aromatic heterocycles. The van der Waals surface area contributed by atoms with Crippen LogP contribution in [0.5, 0.6) is 0 Å². The smallest absolute Gasteiger partial charge is 0.331 e. The van der Waals surface area contributed by atoms with E-state index in [1.54, 1.807) is 13.8 Å². The van der Waals surface area contributed by atoms with Crippen molar-refractivity contribution in [3.63, 3.8) is 0 Å². The van der Waals surface area contributed by atoms with E-state index < -0.39 is 11.2 Å². The molecule has 2 aromatic rings. The third-order valence-electron chi connectivity index (χ3n) is 2.51. The quantitative estimate of drug-likeness (QED) is 0.855. The lowest BCUT2D eigenvalue weighted by Gasteiger charge is -2.06. The van der Waals surface area contributed by atoms with Gasteiger partial charge in [0.1, 0.15) is 0 Å². The maximum atomic E-state index is 12.0. The Labute approximate surface area is 97.3 Å². The number of rotatable bonds is 2. The second-order valence-corrected chi connectivity index (χ2v) is 4.58. The normalized spacial score (nSPS) is 11.9. The SMILES string of the molecule is CC(C)c1nc2c(=O)n(C(C)C)c(=O)[nH]c2o1. The maximum Gasteiger partial charge on any atom is 0.331 e. The van der Waals surface area contributed by atoms with E-state index in [1.165, 1.54) is 0 Å². The second-order valence-electron chi connectivity index (χ2n) is 4.58. The molecule has 0 bridgehead atoms. The molecule has 1 N–H and O–H groups in total. The molecule has 6 heteroatoms. The van der Waals surface area contributed by atoms with Crippen LogP contribution in [0.15, 0.2) is 14.0 Å². The summed E-state index contributed by atoms with van der Waals surface area (Å²) < 4.78 is 6.48. The maximum absolute atomic E-state index is 12.0. The Kier molecular flexibility index (Phi) is 2.65. The molecule has 0 aliphatic rings. The standard InChI is InChI=1S/C11H15N3O3/c1-5(2)8-12-7-9(17-8)13-11(16)14(6(3)4)10(7)15/h5-6H,1-4H3,(H,13,16). The molecule has 2 heterocycles. The van der Waals surface area contributed by atoms with E-state index in [-0.39, 0.29) is 23.2 Å². The number of hydrogen-bond acceptors (Lipinski definition) is 4. The summed E-state index contributed by atoms with van der Waals surface area (Å²) >= 11 is 0. The van der Waals surface area contributed by atoms with Crippen molar-refractivity contribution < 1.29 is 4.42 Å². The van der Waals surface area contributed by atoms with Crippen LogP contribution in [0.1, 0.15) is 45.5 Å². The van der Waals surface area contributed by atoms with Gasteiger partial charge in [-0.25, -0.2) is 9.78 Å². The van der Waals surface area contributed by atoms with Crippen LogP contribution in [0.25, 0.3) is 11.2 Å². The highest BCUT2D eigenvalue weighted by atomic mass is 16.4. The van der Waals surface area contributed by atoms with Crippen LogP contribution >= 0.6 is 0 Å². The van der Waals surface area contributed by atoms with Crippen molar-refractivity contribution in [3.8, 4) is 0 Å². The first-order valence-corrected chi connectivity index (χ1v) is 5.57. The molecule has 0 saturated carbocycles. The zero-order valence-corrected chi connectivity index (χ0v) is 10.3.